The van der Waals surface area contributed by atoms with E-state index in [4.69, 9.17) is 0 Å². The fourth-order valence-corrected chi connectivity index (χ4v) is 8.19. The van der Waals surface area contributed by atoms with Gasteiger partial charge < -0.3 is 4.90 Å². The van der Waals surface area contributed by atoms with Crippen LogP contribution in [0.4, 0.5) is 17.1 Å². The van der Waals surface area contributed by atoms with E-state index in [0.29, 0.717) is 0 Å². The predicted molar refractivity (Wildman–Crippen MR) is 182 cm³/mol. The third-order valence-electron chi connectivity index (χ3n) is 9.90. The molecule has 1 nitrogen and oxygen atoms in total. The van der Waals surface area contributed by atoms with Crippen LogP contribution in [-0.4, -0.2) is 0 Å². The van der Waals surface area contributed by atoms with E-state index in [9.17, 15) is 0 Å². The summed E-state index contributed by atoms with van der Waals surface area (Å²) in [6.45, 7) is 0. The van der Waals surface area contributed by atoms with Crippen molar-refractivity contribution in [2.45, 2.75) is 17.3 Å². The molecule has 0 radical (unpaired) electrons. The van der Waals surface area contributed by atoms with E-state index in [2.05, 4.69) is 181 Å². The van der Waals surface area contributed by atoms with Crippen LogP contribution >= 0.6 is 0 Å². The number of hydrogen-bond acceptors (Lipinski definition) is 1. The molecule has 0 N–H and O–H groups in total. The summed E-state index contributed by atoms with van der Waals surface area (Å²) in [5.74, 6) is 0.505. The van der Waals surface area contributed by atoms with Gasteiger partial charge in [-0.2, -0.15) is 0 Å². The van der Waals surface area contributed by atoms with E-state index in [1.165, 1.54) is 44.5 Å². The van der Waals surface area contributed by atoms with Gasteiger partial charge in [-0.1, -0.05) is 140 Å². The lowest BCUT2D eigenvalue weighted by Gasteiger charge is -2.36. The highest BCUT2D eigenvalue weighted by atomic mass is 15.1. The predicted octanol–water partition coefficient (Wildman–Crippen LogP) is 10.8. The Hall–Kier alpha value is -5.40. The van der Waals surface area contributed by atoms with Crippen molar-refractivity contribution in [2.75, 3.05) is 4.90 Å². The van der Waals surface area contributed by atoms with Crippen LogP contribution in [0.15, 0.2) is 176 Å². The van der Waals surface area contributed by atoms with Crippen molar-refractivity contribution < 1.29 is 0 Å². The van der Waals surface area contributed by atoms with Gasteiger partial charge in [0.2, 0.25) is 0 Å². The van der Waals surface area contributed by atoms with Gasteiger partial charge in [0.15, 0.2) is 0 Å². The normalized spacial score (nSPS) is 18.0. The minimum Gasteiger partial charge on any atom is -0.310 e. The summed E-state index contributed by atoms with van der Waals surface area (Å²) in [5.41, 5.74) is 13.9. The highest BCUT2D eigenvalue weighted by Crippen LogP contribution is 2.62. The third kappa shape index (κ3) is 3.47. The lowest BCUT2D eigenvalue weighted by Crippen LogP contribution is -2.30. The Morgan fingerprint density at radius 3 is 1.45 bits per heavy atom. The molecule has 0 heterocycles. The van der Waals surface area contributed by atoms with Gasteiger partial charge in [-0.25, -0.2) is 0 Å². The molecule has 1 heteroatoms. The lowest BCUT2D eigenvalue weighted by atomic mass is 9.66. The molecular weight excluding hydrogens is 530 g/mol. The Labute approximate surface area is 259 Å². The minimum absolute atomic E-state index is 0.242. The SMILES string of the molecule is C1=CC2c3ccccc3C3(c4ccccc4-c4ccccc43)c3cc(N(c4ccccc4)c4ccccc4)ccc3C2C=C1. The summed E-state index contributed by atoms with van der Waals surface area (Å²) < 4.78 is 0. The van der Waals surface area contributed by atoms with Crippen LogP contribution in [-0.2, 0) is 5.41 Å². The number of allylic oxidation sites excluding steroid dienone is 4. The first kappa shape index (κ1) is 25.1. The molecule has 0 aliphatic heterocycles. The standard InChI is InChI=1S/C43H31N/c1-3-15-30(16-4-1)44(31-17-5-2-6-18-31)32-27-28-38-34-20-8-7-19-33(34)35-21-9-12-24-39(35)43(42(38)29-32)40-25-13-10-22-36(40)37-23-11-14-26-41(37)43/h1-29,33-34H. The molecule has 2 unspecified atom stereocenters. The average molecular weight is 562 g/mol. The zero-order chi connectivity index (χ0) is 29.1. The van der Waals surface area contributed by atoms with Gasteiger partial charge in [0.05, 0.1) is 5.41 Å². The summed E-state index contributed by atoms with van der Waals surface area (Å²) in [7, 11) is 0. The summed E-state index contributed by atoms with van der Waals surface area (Å²) in [6.07, 6.45) is 9.29. The summed E-state index contributed by atoms with van der Waals surface area (Å²) in [6, 6.07) is 56.1. The van der Waals surface area contributed by atoms with Gasteiger partial charge in [-0.3, -0.25) is 0 Å². The van der Waals surface area contributed by atoms with Gasteiger partial charge in [0, 0.05) is 28.9 Å². The van der Waals surface area contributed by atoms with Crippen LogP contribution < -0.4 is 4.90 Å². The van der Waals surface area contributed by atoms with E-state index in [-0.39, 0.29) is 11.8 Å². The van der Waals surface area contributed by atoms with Gasteiger partial charge >= 0.3 is 0 Å². The second-order valence-corrected chi connectivity index (χ2v) is 12.0. The number of benzene rings is 6. The zero-order valence-electron chi connectivity index (χ0n) is 24.3. The van der Waals surface area contributed by atoms with E-state index >= 15 is 0 Å². The van der Waals surface area contributed by atoms with Crippen molar-refractivity contribution in [1.29, 1.82) is 0 Å². The van der Waals surface area contributed by atoms with Crippen LogP contribution in [0, 0.1) is 0 Å². The molecule has 0 fully saturated rings. The molecule has 6 aromatic rings. The first-order valence-electron chi connectivity index (χ1n) is 15.5. The topological polar surface area (TPSA) is 3.24 Å². The van der Waals surface area contributed by atoms with Crippen LogP contribution in [0.3, 0.4) is 0 Å². The molecule has 1 spiro atoms. The lowest BCUT2D eigenvalue weighted by molar-refractivity contribution is 0.732. The molecule has 0 aromatic heterocycles. The third-order valence-corrected chi connectivity index (χ3v) is 9.90. The maximum absolute atomic E-state index is 2.50. The average Bonchev–Trinajstić information content (AvgIpc) is 3.35. The minimum atomic E-state index is -0.451. The molecule has 9 rings (SSSR count). The number of anilines is 3. The molecule has 0 bridgehead atoms. The van der Waals surface area contributed by atoms with Crippen molar-refractivity contribution >= 4 is 17.1 Å². The smallest absolute Gasteiger partial charge is 0.0720 e. The van der Waals surface area contributed by atoms with Crippen molar-refractivity contribution in [1.82, 2.24) is 0 Å². The highest BCUT2D eigenvalue weighted by molar-refractivity contribution is 5.89. The van der Waals surface area contributed by atoms with Crippen LogP contribution in [0.5, 0.6) is 0 Å². The summed E-state index contributed by atoms with van der Waals surface area (Å²) >= 11 is 0. The fraction of sp³-hybridized carbons (Fsp3) is 0.0698. The monoisotopic (exact) mass is 561 g/mol. The van der Waals surface area contributed by atoms with E-state index in [0.717, 1.165) is 17.1 Å². The Bertz CT molecular complexity index is 2000. The molecule has 3 aliphatic carbocycles. The van der Waals surface area contributed by atoms with Gasteiger partial charge in [-0.05, 0) is 80.9 Å². The molecule has 6 aromatic carbocycles. The number of nitrogens with zero attached hydrogens (tertiary/aromatic N) is 1. The van der Waals surface area contributed by atoms with Gasteiger partial charge in [-0.15, -0.1) is 0 Å². The second-order valence-electron chi connectivity index (χ2n) is 12.0. The molecule has 0 saturated carbocycles. The van der Waals surface area contributed by atoms with E-state index in [1.54, 1.807) is 0 Å². The van der Waals surface area contributed by atoms with Crippen LogP contribution in [0.25, 0.3) is 11.1 Å². The quantitative estimate of drug-likeness (QED) is 0.207. The maximum atomic E-state index is 2.50. The number of rotatable bonds is 3. The molecule has 0 saturated heterocycles. The van der Waals surface area contributed by atoms with Crippen LogP contribution in [0.2, 0.25) is 0 Å². The summed E-state index contributed by atoms with van der Waals surface area (Å²) in [5, 5.41) is 0. The highest BCUT2D eigenvalue weighted by Gasteiger charge is 2.51. The number of para-hydroxylation sites is 2. The Morgan fingerprint density at radius 1 is 0.386 bits per heavy atom. The van der Waals surface area contributed by atoms with E-state index in [1.807, 2.05) is 0 Å². The van der Waals surface area contributed by atoms with Gasteiger partial charge in [0.1, 0.15) is 0 Å². The number of fused-ring (bicyclic) bond motifs is 12. The second kappa shape index (κ2) is 9.82. The number of hydrogen-bond donors (Lipinski definition) is 0. The Kier molecular flexibility index (Phi) is 5.61. The van der Waals surface area contributed by atoms with Crippen molar-refractivity contribution in [3.8, 4) is 11.1 Å². The molecule has 208 valence electrons. The largest absolute Gasteiger partial charge is 0.310 e. The Morgan fingerprint density at radius 2 is 0.864 bits per heavy atom. The molecule has 3 aliphatic rings. The van der Waals surface area contributed by atoms with Crippen molar-refractivity contribution in [2.24, 2.45) is 0 Å². The van der Waals surface area contributed by atoms with Gasteiger partial charge in [0.25, 0.3) is 0 Å². The fourth-order valence-electron chi connectivity index (χ4n) is 8.19. The molecular formula is C43H31N. The Balaban J connectivity index is 1.43. The van der Waals surface area contributed by atoms with Crippen molar-refractivity contribution in [3.05, 3.63) is 209 Å². The van der Waals surface area contributed by atoms with Crippen LogP contribution in [0.1, 0.15) is 45.2 Å². The first-order valence-corrected chi connectivity index (χ1v) is 15.5. The maximum Gasteiger partial charge on any atom is 0.0720 e. The summed E-state index contributed by atoms with van der Waals surface area (Å²) in [4.78, 5) is 2.39. The van der Waals surface area contributed by atoms with E-state index < -0.39 is 5.41 Å². The molecule has 2 atom stereocenters. The first-order chi connectivity index (χ1) is 21.9. The van der Waals surface area contributed by atoms with Crippen molar-refractivity contribution in [3.63, 3.8) is 0 Å². The molecule has 0 amide bonds. The molecule has 44 heavy (non-hydrogen) atoms. The zero-order valence-corrected chi connectivity index (χ0v) is 24.3.